The van der Waals surface area contributed by atoms with Crippen molar-refractivity contribution in [1.82, 2.24) is 5.32 Å². The first-order valence-corrected chi connectivity index (χ1v) is 5.92. The van der Waals surface area contributed by atoms with Crippen LogP contribution >= 0.6 is 11.3 Å². The molecular weight excluding hydrogens is 178 g/mol. The molecule has 1 N–H and O–H groups in total. The number of aryl methyl sites for hydroxylation is 1. The lowest BCUT2D eigenvalue weighted by atomic mass is 9.91. The Kier molecular flexibility index (Phi) is 2.70. The van der Waals surface area contributed by atoms with Crippen LogP contribution in [0.2, 0.25) is 0 Å². The van der Waals surface area contributed by atoms with Crippen LogP contribution in [0.4, 0.5) is 0 Å². The Hall–Kier alpha value is -0.340. The van der Waals surface area contributed by atoms with Crippen LogP contribution in [0.5, 0.6) is 0 Å². The first-order chi connectivity index (χ1) is 6.25. The summed E-state index contributed by atoms with van der Waals surface area (Å²) in [5.41, 5.74) is 1.49. The van der Waals surface area contributed by atoms with E-state index in [9.17, 15) is 0 Å². The number of nitrogens with one attached hydrogen (secondary N) is 1. The molecule has 2 rings (SSSR count). The standard InChI is InChI=1S/C11H17NS/c1-8-3-4-12-11(5-8)10-6-9(2)13-7-10/h6-8,11-12H,3-5H2,1-2H3. The number of piperidine rings is 1. The van der Waals surface area contributed by atoms with Gasteiger partial charge in [-0.05, 0) is 49.2 Å². The Morgan fingerprint density at radius 1 is 1.54 bits per heavy atom. The maximum atomic E-state index is 3.59. The van der Waals surface area contributed by atoms with E-state index >= 15 is 0 Å². The summed E-state index contributed by atoms with van der Waals surface area (Å²) in [5.74, 6) is 0.881. The highest BCUT2D eigenvalue weighted by molar-refractivity contribution is 7.10. The van der Waals surface area contributed by atoms with Crippen LogP contribution in [0.15, 0.2) is 11.4 Å². The van der Waals surface area contributed by atoms with Gasteiger partial charge in [0.2, 0.25) is 0 Å². The second-order valence-corrected chi connectivity index (χ2v) is 5.24. The third-order valence-corrected chi connectivity index (χ3v) is 3.70. The molecule has 0 aliphatic carbocycles. The Morgan fingerprint density at radius 3 is 3.00 bits per heavy atom. The van der Waals surface area contributed by atoms with Crippen LogP contribution in [0.3, 0.4) is 0 Å². The molecule has 2 unspecified atom stereocenters. The zero-order chi connectivity index (χ0) is 9.26. The van der Waals surface area contributed by atoms with Crippen molar-refractivity contribution in [2.45, 2.75) is 32.7 Å². The minimum absolute atomic E-state index is 0.619. The molecule has 2 heterocycles. The third kappa shape index (κ3) is 2.12. The lowest BCUT2D eigenvalue weighted by molar-refractivity contribution is 0.326. The van der Waals surface area contributed by atoms with Gasteiger partial charge in [-0.1, -0.05) is 6.92 Å². The quantitative estimate of drug-likeness (QED) is 0.726. The summed E-state index contributed by atoms with van der Waals surface area (Å²) in [6.07, 6.45) is 2.63. The number of thiophene rings is 1. The molecule has 0 aromatic carbocycles. The maximum Gasteiger partial charge on any atom is 0.0331 e. The highest BCUT2D eigenvalue weighted by Gasteiger charge is 2.19. The van der Waals surface area contributed by atoms with E-state index in [4.69, 9.17) is 0 Å². The highest BCUT2D eigenvalue weighted by Crippen LogP contribution is 2.29. The molecule has 1 saturated heterocycles. The molecule has 1 fully saturated rings. The SMILES string of the molecule is Cc1cc(C2CC(C)CCN2)cs1. The summed E-state index contributed by atoms with van der Waals surface area (Å²) in [7, 11) is 0. The summed E-state index contributed by atoms with van der Waals surface area (Å²) < 4.78 is 0. The molecule has 1 aromatic heterocycles. The number of hydrogen-bond donors (Lipinski definition) is 1. The zero-order valence-corrected chi connectivity index (χ0v) is 9.16. The molecule has 0 spiro atoms. The van der Waals surface area contributed by atoms with E-state index in [1.54, 1.807) is 0 Å². The summed E-state index contributed by atoms with van der Waals surface area (Å²) in [5, 5.41) is 5.88. The molecule has 72 valence electrons. The van der Waals surface area contributed by atoms with Crippen molar-refractivity contribution < 1.29 is 0 Å². The molecule has 0 saturated carbocycles. The van der Waals surface area contributed by atoms with Crippen molar-refractivity contribution >= 4 is 11.3 Å². The van der Waals surface area contributed by atoms with Gasteiger partial charge in [-0.2, -0.15) is 0 Å². The molecule has 13 heavy (non-hydrogen) atoms. The van der Waals surface area contributed by atoms with Gasteiger partial charge in [-0.15, -0.1) is 11.3 Å². The zero-order valence-electron chi connectivity index (χ0n) is 8.34. The third-order valence-electron chi connectivity index (χ3n) is 2.82. The topological polar surface area (TPSA) is 12.0 Å². The van der Waals surface area contributed by atoms with E-state index in [0.717, 1.165) is 5.92 Å². The smallest absolute Gasteiger partial charge is 0.0331 e. The van der Waals surface area contributed by atoms with Crippen molar-refractivity contribution in [3.05, 3.63) is 21.9 Å². The average molecular weight is 195 g/mol. The summed E-state index contributed by atoms with van der Waals surface area (Å²) in [4.78, 5) is 1.43. The minimum atomic E-state index is 0.619. The highest BCUT2D eigenvalue weighted by atomic mass is 32.1. The lowest BCUT2D eigenvalue weighted by Crippen LogP contribution is -2.30. The van der Waals surface area contributed by atoms with Gasteiger partial charge in [0.05, 0.1) is 0 Å². The molecule has 2 atom stereocenters. The minimum Gasteiger partial charge on any atom is -0.310 e. The van der Waals surface area contributed by atoms with Crippen LogP contribution in [-0.2, 0) is 0 Å². The number of hydrogen-bond acceptors (Lipinski definition) is 2. The maximum absolute atomic E-state index is 3.59. The van der Waals surface area contributed by atoms with Gasteiger partial charge in [0, 0.05) is 10.9 Å². The van der Waals surface area contributed by atoms with Gasteiger partial charge in [-0.25, -0.2) is 0 Å². The number of rotatable bonds is 1. The van der Waals surface area contributed by atoms with Gasteiger partial charge in [0.25, 0.3) is 0 Å². The molecule has 0 radical (unpaired) electrons. The van der Waals surface area contributed by atoms with Gasteiger partial charge >= 0.3 is 0 Å². The summed E-state index contributed by atoms with van der Waals surface area (Å²) >= 11 is 1.86. The van der Waals surface area contributed by atoms with Crippen LogP contribution in [0.1, 0.15) is 36.2 Å². The fraction of sp³-hybridized carbons (Fsp3) is 0.636. The van der Waals surface area contributed by atoms with Gasteiger partial charge in [0.15, 0.2) is 0 Å². The Bertz CT molecular complexity index is 279. The van der Waals surface area contributed by atoms with Crippen molar-refractivity contribution in [3.8, 4) is 0 Å². The molecule has 1 aliphatic rings. The van der Waals surface area contributed by atoms with E-state index in [0.29, 0.717) is 6.04 Å². The normalized spacial score (nSPS) is 29.1. The molecule has 2 heteroatoms. The van der Waals surface area contributed by atoms with Crippen molar-refractivity contribution in [1.29, 1.82) is 0 Å². The molecule has 1 aromatic rings. The molecule has 0 bridgehead atoms. The van der Waals surface area contributed by atoms with Crippen LogP contribution < -0.4 is 5.32 Å². The van der Waals surface area contributed by atoms with Crippen LogP contribution in [0, 0.1) is 12.8 Å². The first kappa shape index (κ1) is 9.22. The van der Waals surface area contributed by atoms with Crippen molar-refractivity contribution in [2.24, 2.45) is 5.92 Å². The Morgan fingerprint density at radius 2 is 2.38 bits per heavy atom. The average Bonchev–Trinajstić information content (AvgIpc) is 2.52. The molecule has 1 aliphatic heterocycles. The molecule has 1 nitrogen and oxygen atoms in total. The predicted molar refractivity (Wildman–Crippen MR) is 58.2 cm³/mol. The van der Waals surface area contributed by atoms with Gasteiger partial charge in [0.1, 0.15) is 0 Å². The van der Waals surface area contributed by atoms with E-state index in [-0.39, 0.29) is 0 Å². The largest absolute Gasteiger partial charge is 0.310 e. The van der Waals surface area contributed by atoms with Crippen molar-refractivity contribution in [2.75, 3.05) is 6.54 Å². The Balaban J connectivity index is 2.08. The second kappa shape index (κ2) is 3.81. The van der Waals surface area contributed by atoms with E-state index in [2.05, 4.69) is 30.6 Å². The van der Waals surface area contributed by atoms with E-state index in [1.165, 1.54) is 29.8 Å². The van der Waals surface area contributed by atoms with E-state index < -0.39 is 0 Å². The van der Waals surface area contributed by atoms with Crippen molar-refractivity contribution in [3.63, 3.8) is 0 Å². The summed E-state index contributed by atoms with van der Waals surface area (Å²) in [6.45, 7) is 5.72. The fourth-order valence-electron chi connectivity index (χ4n) is 2.01. The monoisotopic (exact) mass is 195 g/mol. The van der Waals surface area contributed by atoms with Crippen LogP contribution in [-0.4, -0.2) is 6.54 Å². The summed E-state index contributed by atoms with van der Waals surface area (Å²) in [6, 6.07) is 2.94. The molecule has 0 amide bonds. The lowest BCUT2D eigenvalue weighted by Gasteiger charge is -2.27. The van der Waals surface area contributed by atoms with E-state index in [1.807, 2.05) is 11.3 Å². The first-order valence-electron chi connectivity index (χ1n) is 5.04. The molecular formula is C11H17NS. The predicted octanol–water partition coefficient (Wildman–Crippen LogP) is 3.12. The van der Waals surface area contributed by atoms with Gasteiger partial charge < -0.3 is 5.32 Å². The fourth-order valence-corrected chi connectivity index (χ4v) is 2.77. The van der Waals surface area contributed by atoms with Crippen LogP contribution in [0.25, 0.3) is 0 Å². The Labute approximate surface area is 84.2 Å². The van der Waals surface area contributed by atoms with Gasteiger partial charge in [-0.3, -0.25) is 0 Å². The second-order valence-electron chi connectivity index (χ2n) is 4.13.